The molecule has 0 aliphatic heterocycles. The van der Waals surface area contributed by atoms with Crippen LogP contribution in [0.3, 0.4) is 0 Å². The normalized spacial score (nSPS) is 11.9. The van der Waals surface area contributed by atoms with E-state index in [2.05, 4.69) is 13.0 Å². The average Bonchev–Trinajstić information content (AvgIpc) is 2.37. The molecule has 0 amide bonds. The number of hydrogen-bond donors (Lipinski definition) is 1. The van der Waals surface area contributed by atoms with Crippen LogP contribution >= 0.6 is 11.8 Å². The maximum atomic E-state index is 9.28. The summed E-state index contributed by atoms with van der Waals surface area (Å²) in [6, 6.07) is 8.11. The van der Waals surface area contributed by atoms with E-state index in [4.69, 9.17) is 0 Å². The Balaban J connectivity index is 3.16. The Morgan fingerprint density at radius 1 is 1.53 bits per heavy atom. The molecule has 0 saturated carbocycles. The zero-order valence-electron chi connectivity index (χ0n) is 10.5. The van der Waals surface area contributed by atoms with Crippen LogP contribution in [-0.2, 0) is 0 Å². The molecular weight excluding hydrogens is 232 g/mol. The quantitative estimate of drug-likeness (QED) is 0.816. The smallest absolute Gasteiger partial charge is 0.103 e. The zero-order valence-corrected chi connectivity index (χ0v) is 11.3. The van der Waals surface area contributed by atoms with Gasteiger partial charge in [0.1, 0.15) is 6.07 Å². The van der Waals surface area contributed by atoms with Crippen LogP contribution in [0.2, 0.25) is 0 Å². The summed E-state index contributed by atoms with van der Waals surface area (Å²) in [5, 5.41) is 18.4. The van der Waals surface area contributed by atoms with Crippen LogP contribution in [0.4, 0.5) is 5.69 Å². The SMILES string of the molecule is CCSc1cccc(N(C)C(C)CO)c1C#N. The van der Waals surface area contributed by atoms with E-state index in [-0.39, 0.29) is 12.6 Å². The molecule has 0 spiro atoms. The molecule has 0 radical (unpaired) electrons. The lowest BCUT2D eigenvalue weighted by Gasteiger charge is -2.26. The van der Waals surface area contributed by atoms with Gasteiger partial charge in [0.15, 0.2) is 0 Å². The van der Waals surface area contributed by atoms with Crippen LogP contribution < -0.4 is 4.90 Å². The van der Waals surface area contributed by atoms with Gasteiger partial charge in [0.25, 0.3) is 0 Å². The lowest BCUT2D eigenvalue weighted by atomic mass is 10.1. The lowest BCUT2D eigenvalue weighted by Crippen LogP contribution is -2.32. The number of nitrogens with zero attached hydrogens (tertiary/aromatic N) is 2. The molecule has 0 aliphatic rings. The number of benzene rings is 1. The number of aliphatic hydroxyl groups is 1. The minimum atomic E-state index is 0.00368. The van der Waals surface area contributed by atoms with Gasteiger partial charge in [-0.1, -0.05) is 13.0 Å². The molecular formula is C13H18N2OS. The summed E-state index contributed by atoms with van der Waals surface area (Å²) in [6.45, 7) is 4.08. The fourth-order valence-corrected chi connectivity index (χ4v) is 2.34. The molecule has 3 nitrogen and oxygen atoms in total. The number of likely N-dealkylation sites (N-methyl/N-ethyl adjacent to an activating group) is 1. The molecule has 1 aromatic rings. The molecule has 0 aliphatic carbocycles. The van der Waals surface area contributed by atoms with Crippen molar-refractivity contribution in [1.82, 2.24) is 0 Å². The van der Waals surface area contributed by atoms with Crippen molar-refractivity contribution in [3.8, 4) is 6.07 Å². The fourth-order valence-electron chi connectivity index (χ4n) is 1.56. The maximum absolute atomic E-state index is 9.28. The fraction of sp³-hybridized carbons (Fsp3) is 0.462. The lowest BCUT2D eigenvalue weighted by molar-refractivity contribution is 0.270. The first kappa shape index (κ1) is 13.9. The molecule has 1 atom stereocenters. The Labute approximate surface area is 107 Å². The summed E-state index contributed by atoms with van der Waals surface area (Å²) in [6.07, 6.45) is 0. The van der Waals surface area contributed by atoms with Crippen molar-refractivity contribution in [3.05, 3.63) is 23.8 Å². The van der Waals surface area contributed by atoms with Crippen molar-refractivity contribution in [2.45, 2.75) is 24.8 Å². The molecule has 4 heteroatoms. The monoisotopic (exact) mass is 250 g/mol. The van der Waals surface area contributed by atoms with Crippen LogP contribution in [0, 0.1) is 11.3 Å². The van der Waals surface area contributed by atoms with E-state index in [1.165, 1.54) is 0 Å². The van der Waals surface area contributed by atoms with Crippen molar-refractivity contribution < 1.29 is 5.11 Å². The van der Waals surface area contributed by atoms with Gasteiger partial charge >= 0.3 is 0 Å². The second kappa shape index (κ2) is 6.53. The highest BCUT2D eigenvalue weighted by molar-refractivity contribution is 7.99. The largest absolute Gasteiger partial charge is 0.394 e. The van der Waals surface area contributed by atoms with Gasteiger partial charge in [-0.3, -0.25) is 0 Å². The molecule has 0 saturated heterocycles. The summed E-state index contributed by atoms with van der Waals surface area (Å²) in [4.78, 5) is 2.95. The van der Waals surface area contributed by atoms with E-state index in [0.29, 0.717) is 5.56 Å². The van der Waals surface area contributed by atoms with Crippen molar-refractivity contribution in [3.63, 3.8) is 0 Å². The van der Waals surface area contributed by atoms with Gasteiger partial charge in [-0.05, 0) is 24.8 Å². The topological polar surface area (TPSA) is 47.3 Å². The molecule has 0 heterocycles. The number of anilines is 1. The zero-order chi connectivity index (χ0) is 12.8. The van der Waals surface area contributed by atoms with Crippen molar-refractivity contribution in [1.29, 1.82) is 5.26 Å². The maximum Gasteiger partial charge on any atom is 0.103 e. The highest BCUT2D eigenvalue weighted by Crippen LogP contribution is 2.30. The van der Waals surface area contributed by atoms with E-state index in [9.17, 15) is 10.4 Å². The number of aliphatic hydroxyl groups excluding tert-OH is 1. The standard InChI is InChI=1S/C13H18N2OS/c1-4-17-13-7-5-6-12(11(13)8-14)15(3)10(2)9-16/h5-7,10,16H,4,9H2,1-3H3. The molecule has 1 N–H and O–H groups in total. The van der Waals surface area contributed by atoms with E-state index in [1.54, 1.807) is 11.8 Å². The first-order valence-electron chi connectivity index (χ1n) is 5.65. The van der Waals surface area contributed by atoms with E-state index in [0.717, 1.165) is 16.3 Å². The van der Waals surface area contributed by atoms with Crippen molar-refractivity contribution >= 4 is 17.4 Å². The van der Waals surface area contributed by atoms with Gasteiger partial charge in [-0.15, -0.1) is 11.8 Å². The average molecular weight is 250 g/mol. The van der Waals surface area contributed by atoms with Crippen LogP contribution in [0.5, 0.6) is 0 Å². The Morgan fingerprint density at radius 3 is 2.76 bits per heavy atom. The third-order valence-corrected chi connectivity index (χ3v) is 3.66. The van der Waals surface area contributed by atoms with Gasteiger partial charge in [0.05, 0.1) is 17.9 Å². The first-order valence-corrected chi connectivity index (χ1v) is 6.63. The number of nitriles is 1. The summed E-state index contributed by atoms with van der Waals surface area (Å²) >= 11 is 1.67. The number of hydrogen-bond acceptors (Lipinski definition) is 4. The van der Waals surface area contributed by atoms with Crippen molar-refractivity contribution in [2.75, 3.05) is 24.3 Å². The van der Waals surface area contributed by atoms with Crippen LogP contribution in [0.25, 0.3) is 0 Å². The van der Waals surface area contributed by atoms with E-state index < -0.39 is 0 Å². The summed E-state index contributed by atoms with van der Waals surface area (Å²) in [5.41, 5.74) is 1.58. The molecule has 1 rings (SSSR count). The second-order valence-corrected chi connectivity index (χ2v) is 5.14. The Bertz CT molecular complexity index is 414. The molecule has 1 aromatic carbocycles. The summed E-state index contributed by atoms with van der Waals surface area (Å²) < 4.78 is 0. The van der Waals surface area contributed by atoms with Crippen LogP contribution in [0.1, 0.15) is 19.4 Å². The van der Waals surface area contributed by atoms with Gasteiger partial charge in [-0.25, -0.2) is 0 Å². The molecule has 1 unspecified atom stereocenters. The highest BCUT2D eigenvalue weighted by Gasteiger charge is 2.15. The third kappa shape index (κ3) is 3.15. The first-order chi connectivity index (χ1) is 8.15. The summed E-state index contributed by atoms with van der Waals surface area (Å²) in [5.74, 6) is 0.942. The van der Waals surface area contributed by atoms with Crippen LogP contribution in [0.15, 0.2) is 23.1 Å². The second-order valence-electron chi connectivity index (χ2n) is 3.84. The van der Waals surface area contributed by atoms with Gasteiger partial charge in [0, 0.05) is 18.0 Å². The minimum Gasteiger partial charge on any atom is -0.394 e. The number of thioether (sulfide) groups is 1. The predicted molar refractivity (Wildman–Crippen MR) is 72.5 cm³/mol. The molecule has 0 fully saturated rings. The van der Waals surface area contributed by atoms with Gasteiger partial charge in [-0.2, -0.15) is 5.26 Å². The third-order valence-electron chi connectivity index (χ3n) is 2.72. The molecule has 0 bridgehead atoms. The minimum absolute atomic E-state index is 0.00368. The van der Waals surface area contributed by atoms with Gasteiger partial charge in [0.2, 0.25) is 0 Å². The van der Waals surface area contributed by atoms with E-state index >= 15 is 0 Å². The van der Waals surface area contributed by atoms with Crippen molar-refractivity contribution in [2.24, 2.45) is 0 Å². The Hall–Kier alpha value is -1.18. The highest BCUT2D eigenvalue weighted by atomic mass is 32.2. The van der Waals surface area contributed by atoms with E-state index in [1.807, 2.05) is 37.1 Å². The molecule has 0 aromatic heterocycles. The van der Waals surface area contributed by atoms with Crippen LogP contribution in [-0.4, -0.2) is 30.6 Å². The molecule has 92 valence electrons. The predicted octanol–water partition coefficient (Wildman–Crippen LogP) is 2.49. The number of rotatable bonds is 5. The summed E-state index contributed by atoms with van der Waals surface area (Å²) in [7, 11) is 1.90. The Morgan fingerprint density at radius 2 is 2.24 bits per heavy atom. The Kier molecular flexibility index (Phi) is 5.33. The van der Waals surface area contributed by atoms with Gasteiger partial charge < -0.3 is 10.0 Å². The molecule has 17 heavy (non-hydrogen) atoms.